The van der Waals surface area contributed by atoms with Gasteiger partial charge in [0.25, 0.3) is 5.91 Å². The Morgan fingerprint density at radius 2 is 1.84 bits per heavy atom. The number of carbonyl (C=O) groups is 1. The molecule has 0 saturated carbocycles. The molecule has 0 atom stereocenters. The van der Waals surface area contributed by atoms with E-state index >= 15 is 0 Å². The van der Waals surface area contributed by atoms with Crippen molar-refractivity contribution in [2.24, 2.45) is 4.99 Å². The predicted octanol–water partition coefficient (Wildman–Crippen LogP) is 2.46. The Morgan fingerprint density at radius 3 is 2.58 bits per heavy atom. The van der Waals surface area contributed by atoms with Crippen molar-refractivity contribution in [3.8, 4) is 0 Å². The molecule has 1 aromatic heterocycles. The van der Waals surface area contributed by atoms with Crippen LogP contribution in [0.1, 0.15) is 34.1 Å². The van der Waals surface area contributed by atoms with Crippen molar-refractivity contribution >= 4 is 23.2 Å². The number of amides is 1. The molecule has 0 radical (unpaired) electrons. The second-order valence-electron chi connectivity index (χ2n) is 7.37. The van der Waals surface area contributed by atoms with E-state index in [2.05, 4.69) is 52.0 Å². The molecule has 1 amide bonds. The Bertz CT molecular complexity index is 819. The lowest BCUT2D eigenvalue weighted by atomic mass is 10.1. The Hall–Kier alpha value is -2.42. The van der Waals surface area contributed by atoms with Gasteiger partial charge in [-0.25, -0.2) is 4.99 Å². The first-order valence-corrected chi connectivity index (χ1v) is 11.8. The van der Waals surface area contributed by atoms with Crippen molar-refractivity contribution in [1.29, 1.82) is 0 Å². The topological polar surface area (TPSA) is 78.0 Å². The van der Waals surface area contributed by atoms with Gasteiger partial charge < -0.3 is 20.7 Å². The zero-order chi connectivity index (χ0) is 21.7. The molecule has 3 rings (SSSR count). The molecule has 1 aliphatic heterocycles. The van der Waals surface area contributed by atoms with Crippen LogP contribution in [0.5, 0.6) is 0 Å². The van der Waals surface area contributed by atoms with Crippen LogP contribution in [-0.4, -0.2) is 62.7 Å². The minimum Gasteiger partial charge on any atom is -0.379 e. The number of rotatable bonds is 10. The fraction of sp³-hybridized carbons (Fsp3) is 0.478. The number of aliphatic imine (C=N–C) groups is 1. The number of ether oxygens (including phenoxy) is 1. The van der Waals surface area contributed by atoms with E-state index in [1.165, 1.54) is 22.5 Å². The predicted molar refractivity (Wildman–Crippen MR) is 127 cm³/mol. The van der Waals surface area contributed by atoms with E-state index < -0.39 is 0 Å². The summed E-state index contributed by atoms with van der Waals surface area (Å²) in [4.78, 5) is 19.9. The lowest BCUT2D eigenvalue weighted by molar-refractivity contribution is 0.0341. The zero-order valence-corrected chi connectivity index (χ0v) is 19.0. The first-order valence-electron chi connectivity index (χ1n) is 11.0. The van der Waals surface area contributed by atoms with Gasteiger partial charge in [0.15, 0.2) is 5.96 Å². The molecule has 7 nitrogen and oxygen atoms in total. The SMILES string of the molecule is CCNC(=NCc1ccccc1CN1CCOCC1)NCCCNC(=O)c1cccs1. The summed E-state index contributed by atoms with van der Waals surface area (Å²) in [6.45, 7) is 9.37. The van der Waals surface area contributed by atoms with Gasteiger partial charge in [0.05, 0.1) is 24.6 Å². The van der Waals surface area contributed by atoms with Gasteiger partial charge in [0, 0.05) is 39.3 Å². The Morgan fingerprint density at radius 1 is 1.06 bits per heavy atom. The number of hydrogen-bond acceptors (Lipinski definition) is 5. The van der Waals surface area contributed by atoms with Crippen molar-refractivity contribution in [1.82, 2.24) is 20.9 Å². The summed E-state index contributed by atoms with van der Waals surface area (Å²) in [7, 11) is 0. The van der Waals surface area contributed by atoms with Gasteiger partial charge >= 0.3 is 0 Å². The fourth-order valence-electron chi connectivity index (χ4n) is 3.36. The van der Waals surface area contributed by atoms with Crippen LogP contribution >= 0.6 is 11.3 Å². The molecule has 8 heteroatoms. The van der Waals surface area contributed by atoms with E-state index in [0.29, 0.717) is 13.1 Å². The van der Waals surface area contributed by atoms with E-state index in [1.54, 1.807) is 0 Å². The Labute approximate surface area is 188 Å². The van der Waals surface area contributed by atoms with Crippen LogP contribution in [0.25, 0.3) is 0 Å². The molecule has 3 N–H and O–H groups in total. The molecule has 1 aromatic carbocycles. The van der Waals surface area contributed by atoms with Gasteiger partial charge in [0.1, 0.15) is 0 Å². The quantitative estimate of drug-likeness (QED) is 0.299. The molecule has 31 heavy (non-hydrogen) atoms. The molecule has 0 spiro atoms. The van der Waals surface area contributed by atoms with Crippen molar-refractivity contribution in [2.45, 2.75) is 26.4 Å². The van der Waals surface area contributed by atoms with Crippen molar-refractivity contribution < 1.29 is 9.53 Å². The summed E-state index contributed by atoms with van der Waals surface area (Å²) in [6, 6.07) is 12.2. The summed E-state index contributed by atoms with van der Waals surface area (Å²) in [5.74, 6) is 0.792. The normalized spacial score (nSPS) is 14.9. The van der Waals surface area contributed by atoms with Gasteiger partial charge in [0.2, 0.25) is 0 Å². The van der Waals surface area contributed by atoms with Gasteiger partial charge in [-0.2, -0.15) is 0 Å². The van der Waals surface area contributed by atoms with Crippen molar-refractivity contribution in [3.05, 3.63) is 57.8 Å². The number of nitrogens with one attached hydrogen (secondary N) is 3. The average molecular weight is 444 g/mol. The standard InChI is InChI=1S/C23H33N5O2S/c1-2-24-23(26-11-6-10-25-22(29)21-9-5-16-31-21)27-17-19-7-3-4-8-20(19)18-28-12-14-30-15-13-28/h3-5,7-9,16H,2,6,10-15,17-18H2,1H3,(H,25,29)(H2,24,26,27). The van der Waals surface area contributed by atoms with Gasteiger partial charge in [-0.3, -0.25) is 9.69 Å². The summed E-state index contributed by atoms with van der Waals surface area (Å²) in [5, 5.41) is 11.5. The molecule has 1 fully saturated rings. The smallest absolute Gasteiger partial charge is 0.261 e. The monoisotopic (exact) mass is 443 g/mol. The third-order valence-electron chi connectivity index (χ3n) is 5.04. The highest BCUT2D eigenvalue weighted by Crippen LogP contribution is 2.14. The lowest BCUT2D eigenvalue weighted by Crippen LogP contribution is -2.38. The summed E-state index contributed by atoms with van der Waals surface area (Å²) >= 11 is 1.46. The second kappa shape index (κ2) is 13.1. The van der Waals surface area contributed by atoms with Crippen LogP contribution in [0.2, 0.25) is 0 Å². The molecule has 1 aliphatic rings. The Balaban J connectivity index is 1.46. The van der Waals surface area contributed by atoms with Crippen LogP contribution in [0.15, 0.2) is 46.8 Å². The molecular formula is C23H33N5O2S. The zero-order valence-electron chi connectivity index (χ0n) is 18.2. The number of morpholine rings is 1. The minimum atomic E-state index is -0.00699. The third-order valence-corrected chi connectivity index (χ3v) is 5.91. The van der Waals surface area contributed by atoms with Crippen LogP contribution < -0.4 is 16.0 Å². The van der Waals surface area contributed by atoms with Crippen molar-refractivity contribution in [2.75, 3.05) is 45.9 Å². The van der Waals surface area contributed by atoms with Crippen LogP contribution in [-0.2, 0) is 17.8 Å². The first kappa shape index (κ1) is 23.2. The molecule has 0 aliphatic carbocycles. The van der Waals surface area contributed by atoms with E-state index in [0.717, 1.165) is 63.2 Å². The summed E-state index contributed by atoms with van der Waals surface area (Å²) in [6.07, 6.45) is 0.829. The molecular weight excluding hydrogens is 410 g/mol. The number of nitrogens with zero attached hydrogens (tertiary/aromatic N) is 2. The maximum atomic E-state index is 12.0. The maximum absolute atomic E-state index is 12.0. The summed E-state index contributed by atoms with van der Waals surface area (Å²) in [5.41, 5.74) is 2.56. The highest BCUT2D eigenvalue weighted by Gasteiger charge is 2.12. The van der Waals surface area contributed by atoms with Crippen molar-refractivity contribution in [3.63, 3.8) is 0 Å². The number of thiophene rings is 1. The Kier molecular flexibility index (Phi) is 9.82. The third kappa shape index (κ3) is 7.97. The summed E-state index contributed by atoms with van der Waals surface area (Å²) < 4.78 is 5.46. The molecule has 2 aromatic rings. The molecule has 0 bridgehead atoms. The number of benzene rings is 1. The molecule has 2 heterocycles. The van der Waals surface area contributed by atoms with Crippen LogP contribution in [0.3, 0.4) is 0 Å². The maximum Gasteiger partial charge on any atom is 0.261 e. The second-order valence-corrected chi connectivity index (χ2v) is 8.31. The number of hydrogen-bond donors (Lipinski definition) is 3. The van der Waals surface area contributed by atoms with Crippen LogP contribution in [0.4, 0.5) is 0 Å². The highest BCUT2D eigenvalue weighted by atomic mass is 32.1. The number of guanidine groups is 1. The first-order chi connectivity index (χ1) is 15.3. The molecule has 1 saturated heterocycles. The lowest BCUT2D eigenvalue weighted by Gasteiger charge is -2.27. The van der Waals surface area contributed by atoms with Gasteiger partial charge in [-0.1, -0.05) is 30.3 Å². The van der Waals surface area contributed by atoms with Gasteiger partial charge in [-0.05, 0) is 35.9 Å². The van der Waals surface area contributed by atoms with E-state index in [4.69, 9.17) is 9.73 Å². The molecule has 168 valence electrons. The minimum absolute atomic E-state index is 0.00699. The van der Waals surface area contributed by atoms with Crippen LogP contribution in [0, 0.1) is 0 Å². The molecule has 0 unspecified atom stereocenters. The van der Waals surface area contributed by atoms with Gasteiger partial charge in [-0.15, -0.1) is 11.3 Å². The fourth-order valence-corrected chi connectivity index (χ4v) is 4.00. The van der Waals surface area contributed by atoms with E-state index in [1.807, 2.05) is 17.5 Å². The number of carbonyl (C=O) groups excluding carboxylic acids is 1. The van der Waals surface area contributed by atoms with E-state index in [9.17, 15) is 4.79 Å². The average Bonchev–Trinajstić information content (AvgIpc) is 3.34. The largest absolute Gasteiger partial charge is 0.379 e. The van der Waals surface area contributed by atoms with E-state index in [-0.39, 0.29) is 5.91 Å². The highest BCUT2D eigenvalue weighted by molar-refractivity contribution is 7.12.